The molecule has 1 atom stereocenters. The van der Waals surface area contributed by atoms with Gasteiger partial charge in [0.05, 0.1) is 6.42 Å². The van der Waals surface area contributed by atoms with Gasteiger partial charge in [-0.3, -0.25) is 4.79 Å². The van der Waals surface area contributed by atoms with Crippen LogP contribution in [-0.2, 0) is 15.6 Å². The highest BCUT2D eigenvalue weighted by atomic mass is 32.1. The average molecular weight is 409 g/mol. The van der Waals surface area contributed by atoms with Crippen molar-refractivity contribution >= 4 is 18.6 Å². The van der Waals surface area contributed by atoms with Gasteiger partial charge in [0, 0.05) is 16.4 Å². The summed E-state index contributed by atoms with van der Waals surface area (Å²) in [5, 5.41) is 10.8. The Labute approximate surface area is 177 Å². The number of hydrogen-bond acceptors (Lipinski definition) is 4. The van der Waals surface area contributed by atoms with Gasteiger partial charge in [0.15, 0.2) is 0 Å². The minimum Gasteiger partial charge on any atom is -0.507 e. The van der Waals surface area contributed by atoms with Crippen LogP contribution in [0.3, 0.4) is 0 Å². The molecule has 0 spiro atoms. The first-order valence-corrected chi connectivity index (χ1v) is 11.1. The van der Waals surface area contributed by atoms with Crippen molar-refractivity contribution in [2.45, 2.75) is 109 Å². The minimum absolute atomic E-state index is 0.0235. The van der Waals surface area contributed by atoms with Crippen molar-refractivity contribution in [3.05, 3.63) is 23.3 Å². The van der Waals surface area contributed by atoms with Crippen LogP contribution in [-0.4, -0.2) is 16.3 Å². The summed E-state index contributed by atoms with van der Waals surface area (Å²) in [6, 6.07) is 3.58. The fourth-order valence-corrected chi connectivity index (χ4v) is 3.59. The maximum Gasteiger partial charge on any atom is 0.312 e. The lowest BCUT2D eigenvalue weighted by molar-refractivity contribution is -0.134. The molecule has 0 amide bonds. The SMILES string of the molecule is CCCCCCCC(S)CC(=O)Oc1cc(C(C)(C)C)c(O)c(C(C)(C)C)c1. The summed E-state index contributed by atoms with van der Waals surface area (Å²) in [5.41, 5.74) is 1.08. The predicted octanol–water partition coefficient (Wildman–Crippen LogP) is 6.94. The lowest BCUT2D eigenvalue weighted by atomic mass is 9.79. The Hall–Kier alpha value is -1.16. The largest absolute Gasteiger partial charge is 0.507 e. The van der Waals surface area contributed by atoms with E-state index < -0.39 is 0 Å². The molecule has 1 unspecified atom stereocenters. The van der Waals surface area contributed by atoms with E-state index in [0.29, 0.717) is 17.9 Å². The Morgan fingerprint density at radius 1 is 1.00 bits per heavy atom. The Morgan fingerprint density at radius 2 is 1.50 bits per heavy atom. The number of esters is 1. The number of phenolic OH excluding ortho intramolecular Hbond substituents is 1. The van der Waals surface area contributed by atoms with Crippen LogP contribution in [0.4, 0.5) is 0 Å². The summed E-state index contributed by atoms with van der Waals surface area (Å²) in [6.07, 6.45) is 7.28. The van der Waals surface area contributed by atoms with Gasteiger partial charge in [-0.15, -0.1) is 0 Å². The van der Waals surface area contributed by atoms with E-state index in [2.05, 4.69) is 19.6 Å². The zero-order valence-electron chi connectivity index (χ0n) is 18.9. The fourth-order valence-electron chi connectivity index (χ4n) is 3.26. The van der Waals surface area contributed by atoms with E-state index in [4.69, 9.17) is 4.74 Å². The summed E-state index contributed by atoms with van der Waals surface area (Å²) in [6.45, 7) is 14.5. The van der Waals surface area contributed by atoms with Crippen LogP contribution in [0.2, 0.25) is 0 Å². The van der Waals surface area contributed by atoms with E-state index in [1.54, 1.807) is 12.1 Å². The van der Waals surface area contributed by atoms with Crippen LogP contribution >= 0.6 is 12.6 Å². The number of phenols is 1. The quantitative estimate of drug-likeness (QED) is 0.201. The summed E-state index contributed by atoms with van der Waals surface area (Å²) < 4.78 is 5.66. The number of ether oxygens (including phenoxy) is 1. The molecule has 0 bridgehead atoms. The van der Waals surface area contributed by atoms with Crippen molar-refractivity contribution in [3.63, 3.8) is 0 Å². The molecule has 0 aromatic heterocycles. The van der Waals surface area contributed by atoms with E-state index in [1.807, 2.05) is 41.5 Å². The minimum atomic E-state index is -0.265. The van der Waals surface area contributed by atoms with Gasteiger partial charge in [-0.1, -0.05) is 80.6 Å². The zero-order valence-corrected chi connectivity index (χ0v) is 19.8. The van der Waals surface area contributed by atoms with Crippen molar-refractivity contribution in [2.24, 2.45) is 0 Å². The third-order valence-electron chi connectivity index (χ3n) is 4.97. The first kappa shape index (κ1) is 24.9. The number of aromatic hydroxyl groups is 1. The van der Waals surface area contributed by atoms with Crippen LogP contribution in [0.25, 0.3) is 0 Å². The molecular formula is C24H40O3S. The molecule has 0 saturated carbocycles. The highest BCUT2D eigenvalue weighted by Gasteiger charge is 2.27. The maximum atomic E-state index is 12.4. The number of rotatable bonds is 9. The van der Waals surface area contributed by atoms with Gasteiger partial charge in [0.1, 0.15) is 11.5 Å². The molecule has 0 heterocycles. The number of benzene rings is 1. The standard InChI is InChI=1S/C24H40O3S/c1-8-9-10-11-12-13-18(28)16-21(25)27-17-14-19(23(2,3)4)22(26)20(15-17)24(5,6)7/h14-15,18,26,28H,8-13,16H2,1-7H3. The van der Waals surface area contributed by atoms with Crippen LogP contribution in [0.5, 0.6) is 11.5 Å². The number of thiol groups is 1. The molecule has 0 radical (unpaired) electrons. The van der Waals surface area contributed by atoms with E-state index in [0.717, 1.165) is 24.0 Å². The number of unbranched alkanes of at least 4 members (excludes halogenated alkanes) is 4. The molecule has 0 fully saturated rings. The second-order valence-corrected chi connectivity index (χ2v) is 10.6. The summed E-state index contributed by atoms with van der Waals surface area (Å²) in [5.74, 6) is 0.527. The van der Waals surface area contributed by atoms with Gasteiger partial charge < -0.3 is 9.84 Å². The van der Waals surface area contributed by atoms with Crippen LogP contribution in [0.1, 0.15) is 105 Å². The molecule has 4 heteroatoms. The summed E-state index contributed by atoms with van der Waals surface area (Å²) in [7, 11) is 0. The predicted molar refractivity (Wildman–Crippen MR) is 122 cm³/mol. The van der Waals surface area contributed by atoms with E-state index in [9.17, 15) is 9.90 Å². The Bertz CT molecular complexity index is 603. The molecule has 3 nitrogen and oxygen atoms in total. The highest BCUT2D eigenvalue weighted by Crippen LogP contribution is 2.41. The van der Waals surface area contributed by atoms with Crippen LogP contribution in [0, 0.1) is 0 Å². The molecule has 1 rings (SSSR count). The maximum absolute atomic E-state index is 12.4. The Balaban J connectivity index is 2.83. The van der Waals surface area contributed by atoms with Gasteiger partial charge in [-0.05, 0) is 29.4 Å². The molecule has 0 aliphatic carbocycles. The summed E-state index contributed by atoms with van der Waals surface area (Å²) in [4.78, 5) is 12.4. The molecule has 0 aliphatic heterocycles. The van der Waals surface area contributed by atoms with Gasteiger partial charge in [-0.25, -0.2) is 0 Å². The highest BCUT2D eigenvalue weighted by molar-refractivity contribution is 7.81. The molecule has 1 N–H and O–H groups in total. The van der Waals surface area contributed by atoms with Gasteiger partial charge >= 0.3 is 5.97 Å². The van der Waals surface area contributed by atoms with Crippen molar-refractivity contribution in [1.29, 1.82) is 0 Å². The molecule has 160 valence electrons. The lowest BCUT2D eigenvalue weighted by Gasteiger charge is -2.28. The Kier molecular flexibility index (Phi) is 9.39. The van der Waals surface area contributed by atoms with Crippen molar-refractivity contribution in [2.75, 3.05) is 0 Å². The smallest absolute Gasteiger partial charge is 0.312 e. The third-order valence-corrected chi connectivity index (χ3v) is 5.42. The second kappa shape index (κ2) is 10.6. The summed E-state index contributed by atoms with van der Waals surface area (Å²) >= 11 is 4.57. The van der Waals surface area contributed by atoms with E-state index >= 15 is 0 Å². The first-order valence-electron chi connectivity index (χ1n) is 10.6. The van der Waals surface area contributed by atoms with E-state index in [-0.39, 0.29) is 22.0 Å². The molecule has 28 heavy (non-hydrogen) atoms. The fraction of sp³-hybridized carbons (Fsp3) is 0.708. The van der Waals surface area contributed by atoms with Crippen LogP contribution in [0.15, 0.2) is 12.1 Å². The Morgan fingerprint density at radius 3 is 1.96 bits per heavy atom. The van der Waals surface area contributed by atoms with Crippen molar-refractivity contribution < 1.29 is 14.6 Å². The topological polar surface area (TPSA) is 46.5 Å². The van der Waals surface area contributed by atoms with Crippen molar-refractivity contribution in [1.82, 2.24) is 0 Å². The monoisotopic (exact) mass is 408 g/mol. The molecule has 0 saturated heterocycles. The lowest BCUT2D eigenvalue weighted by Crippen LogP contribution is -2.19. The van der Waals surface area contributed by atoms with Crippen LogP contribution < -0.4 is 4.74 Å². The third kappa shape index (κ3) is 8.06. The molecule has 0 aliphatic rings. The molecule has 1 aromatic carbocycles. The molecule has 1 aromatic rings. The van der Waals surface area contributed by atoms with E-state index in [1.165, 1.54) is 25.7 Å². The van der Waals surface area contributed by atoms with Gasteiger partial charge in [0.2, 0.25) is 0 Å². The van der Waals surface area contributed by atoms with Gasteiger partial charge in [-0.2, -0.15) is 12.6 Å². The van der Waals surface area contributed by atoms with Crippen molar-refractivity contribution in [3.8, 4) is 11.5 Å². The number of carbonyl (C=O) groups is 1. The number of carbonyl (C=O) groups excluding carboxylic acids is 1. The molecular weight excluding hydrogens is 368 g/mol. The number of hydrogen-bond donors (Lipinski definition) is 2. The normalized spacial score (nSPS) is 13.4. The first-order chi connectivity index (χ1) is 12.9. The van der Waals surface area contributed by atoms with Gasteiger partial charge in [0.25, 0.3) is 0 Å². The average Bonchev–Trinajstić information content (AvgIpc) is 2.53. The zero-order chi connectivity index (χ0) is 21.5. The second-order valence-electron chi connectivity index (χ2n) is 9.90.